The van der Waals surface area contributed by atoms with Crippen molar-refractivity contribution in [3.8, 4) is 0 Å². The van der Waals surface area contributed by atoms with E-state index in [1.54, 1.807) is 20.9 Å². The van der Waals surface area contributed by atoms with Gasteiger partial charge >= 0.3 is 0 Å². The van der Waals surface area contributed by atoms with E-state index in [2.05, 4.69) is 41.5 Å². The lowest BCUT2D eigenvalue weighted by Gasteiger charge is -2.19. The average Bonchev–Trinajstić information content (AvgIpc) is 2.81. The average molecular weight is 337 g/mol. The molecule has 1 heterocycles. The summed E-state index contributed by atoms with van der Waals surface area (Å²) in [5.41, 5.74) is 3.45. The molecule has 0 spiro atoms. The Bertz CT molecular complexity index is 391. The summed E-state index contributed by atoms with van der Waals surface area (Å²) >= 11 is 2.05. The third kappa shape index (κ3) is 6.61. The Morgan fingerprint density at radius 1 is 0.696 bits per heavy atom. The van der Waals surface area contributed by atoms with Crippen molar-refractivity contribution >= 4 is 11.3 Å². The summed E-state index contributed by atoms with van der Waals surface area (Å²) in [6, 6.07) is 0. The Kier molecular flexibility index (Phi) is 10.2. The van der Waals surface area contributed by atoms with Gasteiger partial charge in [-0.15, -0.1) is 11.3 Å². The molecule has 2 atom stereocenters. The molecule has 2 unspecified atom stereocenters. The summed E-state index contributed by atoms with van der Waals surface area (Å²) < 4.78 is 0. The first-order valence-corrected chi connectivity index (χ1v) is 11.0. The summed E-state index contributed by atoms with van der Waals surface area (Å²) in [6.45, 7) is 14.1. The summed E-state index contributed by atoms with van der Waals surface area (Å²) in [5, 5.41) is 0. The second kappa shape index (κ2) is 11.3. The number of unbranched alkanes of at least 4 members (excludes halogenated alkanes) is 2. The van der Waals surface area contributed by atoms with Crippen LogP contribution in [0.2, 0.25) is 0 Å². The molecule has 0 nitrogen and oxygen atoms in total. The zero-order valence-electron chi connectivity index (χ0n) is 16.6. The molecule has 1 aromatic rings. The fraction of sp³-hybridized carbons (Fsp3) is 0.818. The van der Waals surface area contributed by atoms with Gasteiger partial charge in [0.15, 0.2) is 0 Å². The fourth-order valence-corrected chi connectivity index (χ4v) is 4.89. The van der Waals surface area contributed by atoms with Crippen LogP contribution < -0.4 is 0 Å². The Hall–Kier alpha value is -0.300. The van der Waals surface area contributed by atoms with Crippen LogP contribution in [0.5, 0.6) is 0 Å². The molecule has 23 heavy (non-hydrogen) atoms. The van der Waals surface area contributed by atoms with Gasteiger partial charge in [-0.2, -0.15) is 0 Å². The molecule has 1 rings (SSSR count). The molecule has 0 saturated heterocycles. The van der Waals surface area contributed by atoms with Gasteiger partial charge < -0.3 is 0 Å². The van der Waals surface area contributed by atoms with E-state index in [1.165, 1.54) is 64.2 Å². The van der Waals surface area contributed by atoms with Crippen molar-refractivity contribution < 1.29 is 0 Å². The number of thiophene rings is 1. The van der Waals surface area contributed by atoms with Gasteiger partial charge in [-0.3, -0.25) is 0 Å². The van der Waals surface area contributed by atoms with Gasteiger partial charge in [0.05, 0.1) is 0 Å². The van der Waals surface area contributed by atoms with E-state index < -0.39 is 0 Å². The number of rotatable bonds is 12. The Morgan fingerprint density at radius 3 is 1.39 bits per heavy atom. The molecule has 0 aliphatic carbocycles. The molecule has 0 aromatic carbocycles. The van der Waals surface area contributed by atoms with Crippen LogP contribution in [0.15, 0.2) is 0 Å². The van der Waals surface area contributed by atoms with Gasteiger partial charge in [0.25, 0.3) is 0 Å². The van der Waals surface area contributed by atoms with E-state index in [1.807, 2.05) is 11.3 Å². The molecule has 0 aliphatic rings. The van der Waals surface area contributed by atoms with Gasteiger partial charge in [-0.25, -0.2) is 0 Å². The van der Waals surface area contributed by atoms with Gasteiger partial charge in [0.2, 0.25) is 0 Å². The third-order valence-corrected chi connectivity index (χ3v) is 6.70. The highest BCUT2D eigenvalue weighted by Gasteiger charge is 2.19. The monoisotopic (exact) mass is 336 g/mol. The first-order valence-electron chi connectivity index (χ1n) is 10.1. The first-order chi connectivity index (χ1) is 11.1. The van der Waals surface area contributed by atoms with E-state index in [-0.39, 0.29) is 0 Å². The summed E-state index contributed by atoms with van der Waals surface area (Å²) in [7, 11) is 0. The van der Waals surface area contributed by atoms with E-state index in [9.17, 15) is 0 Å². The van der Waals surface area contributed by atoms with Gasteiger partial charge in [-0.1, -0.05) is 79.1 Å². The molecular formula is C22H40S. The van der Waals surface area contributed by atoms with Crippen molar-refractivity contribution in [1.82, 2.24) is 0 Å². The lowest BCUT2D eigenvalue weighted by molar-refractivity contribution is 0.434. The SMILES string of the molecule is CCCCC(CC)Cc1c(C)sc(C)c1CC(CC)CCCC. The minimum Gasteiger partial charge on any atom is -0.145 e. The van der Waals surface area contributed by atoms with E-state index in [0.29, 0.717) is 0 Å². The van der Waals surface area contributed by atoms with Crippen LogP contribution in [0.3, 0.4) is 0 Å². The predicted octanol–water partition coefficient (Wildman–Crippen LogP) is 7.88. The van der Waals surface area contributed by atoms with Crippen LogP contribution in [-0.4, -0.2) is 0 Å². The number of aryl methyl sites for hydroxylation is 2. The molecule has 0 bridgehead atoms. The fourth-order valence-electron chi connectivity index (χ4n) is 3.78. The van der Waals surface area contributed by atoms with Crippen LogP contribution in [0.25, 0.3) is 0 Å². The normalized spacial score (nSPS) is 14.2. The van der Waals surface area contributed by atoms with E-state index >= 15 is 0 Å². The van der Waals surface area contributed by atoms with Crippen molar-refractivity contribution in [3.63, 3.8) is 0 Å². The van der Waals surface area contributed by atoms with Crippen LogP contribution in [-0.2, 0) is 12.8 Å². The third-order valence-electron chi connectivity index (χ3n) is 5.59. The lowest BCUT2D eigenvalue weighted by atomic mass is 9.86. The number of hydrogen-bond donors (Lipinski definition) is 0. The molecule has 1 heteroatoms. The molecule has 0 N–H and O–H groups in total. The molecule has 0 amide bonds. The van der Waals surface area contributed by atoms with Gasteiger partial charge in [-0.05, 0) is 49.7 Å². The predicted molar refractivity (Wildman–Crippen MR) is 108 cm³/mol. The van der Waals surface area contributed by atoms with Crippen molar-refractivity contribution in [3.05, 3.63) is 20.9 Å². The molecular weight excluding hydrogens is 296 g/mol. The smallest absolute Gasteiger partial charge is 0.00519 e. The zero-order valence-corrected chi connectivity index (χ0v) is 17.5. The Balaban J connectivity index is 2.86. The van der Waals surface area contributed by atoms with Crippen molar-refractivity contribution in [2.24, 2.45) is 11.8 Å². The van der Waals surface area contributed by atoms with Gasteiger partial charge in [0, 0.05) is 9.75 Å². The molecule has 0 radical (unpaired) electrons. The molecule has 0 saturated carbocycles. The first kappa shape index (κ1) is 20.7. The van der Waals surface area contributed by atoms with Crippen LogP contribution in [0, 0.1) is 25.7 Å². The van der Waals surface area contributed by atoms with Crippen LogP contribution in [0.4, 0.5) is 0 Å². The maximum atomic E-state index is 2.38. The maximum absolute atomic E-state index is 2.38. The van der Waals surface area contributed by atoms with Gasteiger partial charge in [0.1, 0.15) is 0 Å². The van der Waals surface area contributed by atoms with Crippen molar-refractivity contribution in [1.29, 1.82) is 0 Å². The second-order valence-corrected chi connectivity index (χ2v) is 8.84. The maximum Gasteiger partial charge on any atom is 0.00519 e. The highest BCUT2D eigenvalue weighted by molar-refractivity contribution is 7.12. The zero-order chi connectivity index (χ0) is 17.2. The summed E-state index contributed by atoms with van der Waals surface area (Å²) in [4.78, 5) is 3.19. The minimum atomic E-state index is 0.886. The van der Waals surface area contributed by atoms with Crippen molar-refractivity contribution in [2.75, 3.05) is 0 Å². The topological polar surface area (TPSA) is 0 Å². The summed E-state index contributed by atoms with van der Waals surface area (Å²) in [5.74, 6) is 1.77. The highest BCUT2D eigenvalue weighted by Crippen LogP contribution is 2.34. The molecule has 1 aromatic heterocycles. The molecule has 134 valence electrons. The Labute approximate surface area is 150 Å². The molecule has 0 aliphatic heterocycles. The Morgan fingerprint density at radius 2 is 1.09 bits per heavy atom. The highest BCUT2D eigenvalue weighted by atomic mass is 32.1. The van der Waals surface area contributed by atoms with E-state index in [4.69, 9.17) is 0 Å². The summed E-state index contributed by atoms with van der Waals surface area (Å²) in [6.07, 6.45) is 13.6. The van der Waals surface area contributed by atoms with Crippen LogP contribution in [0.1, 0.15) is 99.9 Å². The van der Waals surface area contributed by atoms with Crippen molar-refractivity contribution in [2.45, 2.75) is 106 Å². The second-order valence-electron chi connectivity index (χ2n) is 7.41. The molecule has 0 fully saturated rings. The lowest BCUT2D eigenvalue weighted by Crippen LogP contribution is -2.09. The van der Waals surface area contributed by atoms with E-state index in [0.717, 1.165) is 11.8 Å². The minimum absolute atomic E-state index is 0.886. The standard InChI is InChI=1S/C22H40S/c1-7-11-13-19(9-3)15-21-17(5)23-18(6)22(21)16-20(10-4)14-12-8-2/h19-20H,7-16H2,1-6H3. The van der Waals surface area contributed by atoms with Crippen LogP contribution >= 0.6 is 11.3 Å². The number of hydrogen-bond acceptors (Lipinski definition) is 1. The quantitative estimate of drug-likeness (QED) is 0.364. The largest absolute Gasteiger partial charge is 0.145 e.